The molecule has 0 aliphatic heterocycles. The van der Waals surface area contributed by atoms with Crippen LogP contribution >= 0.6 is 22.9 Å². The minimum atomic E-state index is -0.333. The summed E-state index contributed by atoms with van der Waals surface area (Å²) in [6.45, 7) is 1.46. The van der Waals surface area contributed by atoms with Gasteiger partial charge in [-0.05, 0) is 57.4 Å². The summed E-state index contributed by atoms with van der Waals surface area (Å²) in [5, 5.41) is 1.10. The summed E-state index contributed by atoms with van der Waals surface area (Å²) in [4.78, 5) is 17.5. The quantitative estimate of drug-likeness (QED) is 0.570. The van der Waals surface area contributed by atoms with Gasteiger partial charge in [0.05, 0.1) is 5.02 Å². The molecule has 0 saturated heterocycles. The molecule has 0 saturated carbocycles. The number of thiophene rings is 1. The zero-order chi connectivity index (χ0) is 18.7. The van der Waals surface area contributed by atoms with Gasteiger partial charge in [-0.15, -0.1) is 11.3 Å². The number of fused-ring (bicyclic) bond motifs is 1. The molecule has 2 aromatic carbocycles. The Kier molecular flexibility index (Phi) is 5.91. The zero-order valence-electron chi connectivity index (χ0n) is 14.7. The summed E-state index contributed by atoms with van der Waals surface area (Å²) in [6.07, 6.45) is 0.838. The van der Waals surface area contributed by atoms with Crippen LogP contribution in [0.4, 0.5) is 10.1 Å². The monoisotopic (exact) mass is 390 g/mol. The molecule has 0 bridgehead atoms. The predicted molar refractivity (Wildman–Crippen MR) is 108 cm³/mol. The van der Waals surface area contributed by atoms with Crippen molar-refractivity contribution in [2.75, 3.05) is 32.1 Å². The van der Waals surface area contributed by atoms with Crippen molar-refractivity contribution in [3.8, 4) is 0 Å². The highest BCUT2D eigenvalue weighted by Crippen LogP contribution is 2.37. The van der Waals surface area contributed by atoms with Crippen molar-refractivity contribution < 1.29 is 9.18 Å². The van der Waals surface area contributed by atoms with Gasteiger partial charge in [-0.3, -0.25) is 4.79 Å². The van der Waals surface area contributed by atoms with Gasteiger partial charge in [-0.2, -0.15) is 0 Å². The fourth-order valence-corrected chi connectivity index (χ4v) is 4.29. The fourth-order valence-electron chi connectivity index (χ4n) is 2.80. The van der Waals surface area contributed by atoms with E-state index in [4.69, 9.17) is 11.6 Å². The van der Waals surface area contributed by atoms with E-state index in [1.807, 2.05) is 44.4 Å². The van der Waals surface area contributed by atoms with Crippen molar-refractivity contribution in [3.63, 3.8) is 0 Å². The molecule has 0 spiro atoms. The fraction of sp³-hybridized carbons (Fsp3) is 0.250. The number of rotatable bonds is 6. The smallest absolute Gasteiger partial charge is 0.269 e. The molecule has 0 radical (unpaired) electrons. The summed E-state index contributed by atoms with van der Waals surface area (Å²) >= 11 is 7.69. The number of carbonyl (C=O) groups is 1. The summed E-state index contributed by atoms with van der Waals surface area (Å²) in [5.74, 6) is -0.484. The Balaban J connectivity index is 1.95. The van der Waals surface area contributed by atoms with E-state index in [1.165, 1.54) is 23.5 Å². The second-order valence-electron chi connectivity index (χ2n) is 6.33. The molecule has 136 valence electrons. The van der Waals surface area contributed by atoms with E-state index in [0.29, 0.717) is 26.5 Å². The highest BCUT2D eigenvalue weighted by molar-refractivity contribution is 7.21. The molecule has 0 N–H and O–H groups in total. The lowest BCUT2D eigenvalue weighted by Crippen LogP contribution is -2.33. The van der Waals surface area contributed by atoms with Gasteiger partial charge in [-0.25, -0.2) is 4.39 Å². The Hall–Kier alpha value is -1.95. The van der Waals surface area contributed by atoms with Crippen LogP contribution in [0.15, 0.2) is 48.5 Å². The summed E-state index contributed by atoms with van der Waals surface area (Å²) in [6, 6.07) is 14.0. The second kappa shape index (κ2) is 8.16. The Labute approximate surface area is 161 Å². The van der Waals surface area contributed by atoms with Gasteiger partial charge < -0.3 is 9.80 Å². The number of para-hydroxylation sites is 1. The third-order valence-corrected chi connectivity index (χ3v) is 5.73. The van der Waals surface area contributed by atoms with Crippen LogP contribution in [0.1, 0.15) is 16.1 Å². The van der Waals surface area contributed by atoms with Crippen molar-refractivity contribution in [1.29, 1.82) is 0 Å². The van der Waals surface area contributed by atoms with Crippen molar-refractivity contribution in [2.45, 2.75) is 6.42 Å². The van der Waals surface area contributed by atoms with Crippen LogP contribution in [0.3, 0.4) is 0 Å². The molecular weight excluding hydrogens is 371 g/mol. The van der Waals surface area contributed by atoms with Crippen molar-refractivity contribution in [2.24, 2.45) is 0 Å². The number of hydrogen-bond donors (Lipinski definition) is 0. The van der Waals surface area contributed by atoms with Crippen LogP contribution in [0.2, 0.25) is 5.02 Å². The standard InChI is InChI=1S/C20H20ClFN2OS/c1-23(2)11-6-12-24(15-7-4-3-5-8-15)20(25)19-18(21)16-10-9-14(22)13-17(16)26-19/h3-5,7-10,13H,6,11-12H2,1-2H3. The van der Waals surface area contributed by atoms with Gasteiger partial charge in [0.2, 0.25) is 0 Å². The molecule has 6 heteroatoms. The van der Waals surface area contributed by atoms with Crippen LogP contribution in [0.5, 0.6) is 0 Å². The second-order valence-corrected chi connectivity index (χ2v) is 7.76. The minimum Gasteiger partial charge on any atom is -0.309 e. The summed E-state index contributed by atoms with van der Waals surface area (Å²) < 4.78 is 14.2. The Morgan fingerprint density at radius 2 is 1.85 bits per heavy atom. The molecule has 0 unspecified atom stereocenters. The molecule has 3 aromatic rings. The number of nitrogens with zero attached hydrogens (tertiary/aromatic N) is 2. The molecule has 1 aromatic heterocycles. The Morgan fingerprint density at radius 3 is 2.54 bits per heavy atom. The van der Waals surface area contributed by atoms with E-state index in [-0.39, 0.29) is 11.7 Å². The van der Waals surface area contributed by atoms with Crippen LogP contribution in [0, 0.1) is 5.82 Å². The molecule has 3 rings (SSSR count). The average molecular weight is 391 g/mol. The SMILES string of the molecule is CN(C)CCCN(C(=O)c1sc2cc(F)ccc2c1Cl)c1ccccc1. The number of hydrogen-bond acceptors (Lipinski definition) is 3. The van der Waals surface area contributed by atoms with Gasteiger partial charge in [-0.1, -0.05) is 29.8 Å². The Morgan fingerprint density at radius 1 is 1.12 bits per heavy atom. The van der Waals surface area contributed by atoms with Gasteiger partial charge in [0.25, 0.3) is 5.91 Å². The maximum Gasteiger partial charge on any atom is 0.269 e. The number of anilines is 1. The van der Waals surface area contributed by atoms with E-state index >= 15 is 0 Å². The molecule has 1 heterocycles. The first-order chi connectivity index (χ1) is 12.5. The van der Waals surface area contributed by atoms with Crippen LogP contribution in [-0.4, -0.2) is 38.0 Å². The van der Waals surface area contributed by atoms with Crippen molar-refractivity contribution >= 4 is 44.6 Å². The third kappa shape index (κ3) is 4.06. The number of halogens is 2. The molecule has 1 amide bonds. The van der Waals surface area contributed by atoms with Crippen LogP contribution in [0.25, 0.3) is 10.1 Å². The van der Waals surface area contributed by atoms with Gasteiger partial charge in [0.1, 0.15) is 10.7 Å². The van der Waals surface area contributed by atoms with E-state index in [1.54, 1.807) is 11.0 Å². The molecule has 26 heavy (non-hydrogen) atoms. The number of benzene rings is 2. The lowest BCUT2D eigenvalue weighted by atomic mass is 10.2. The summed E-state index contributed by atoms with van der Waals surface area (Å²) in [5.41, 5.74) is 0.830. The largest absolute Gasteiger partial charge is 0.309 e. The van der Waals surface area contributed by atoms with Crippen LogP contribution in [-0.2, 0) is 0 Å². The molecule has 0 atom stereocenters. The van der Waals surface area contributed by atoms with Gasteiger partial charge in [0.15, 0.2) is 0 Å². The highest BCUT2D eigenvalue weighted by atomic mass is 35.5. The molecule has 0 aliphatic carbocycles. The first-order valence-corrected chi connectivity index (χ1v) is 9.56. The molecule has 3 nitrogen and oxygen atoms in total. The van der Waals surface area contributed by atoms with Gasteiger partial charge in [0, 0.05) is 22.3 Å². The van der Waals surface area contributed by atoms with Gasteiger partial charge >= 0.3 is 0 Å². The zero-order valence-corrected chi connectivity index (χ0v) is 16.3. The average Bonchev–Trinajstić information content (AvgIpc) is 2.94. The topological polar surface area (TPSA) is 23.6 Å². The first-order valence-electron chi connectivity index (χ1n) is 8.36. The van der Waals surface area contributed by atoms with E-state index < -0.39 is 0 Å². The third-order valence-electron chi connectivity index (χ3n) is 4.09. The maximum absolute atomic E-state index is 13.5. The Bertz CT molecular complexity index is 911. The van der Waals surface area contributed by atoms with E-state index in [0.717, 1.165) is 18.7 Å². The molecular formula is C20H20ClFN2OS. The number of amides is 1. The predicted octanol–water partition coefficient (Wildman–Crippen LogP) is 5.29. The van der Waals surface area contributed by atoms with E-state index in [2.05, 4.69) is 4.90 Å². The normalized spacial score (nSPS) is 11.3. The van der Waals surface area contributed by atoms with Crippen molar-refractivity contribution in [3.05, 3.63) is 64.2 Å². The molecule has 0 fully saturated rings. The molecule has 0 aliphatic rings. The minimum absolute atomic E-state index is 0.151. The van der Waals surface area contributed by atoms with E-state index in [9.17, 15) is 9.18 Å². The maximum atomic E-state index is 13.5. The lowest BCUT2D eigenvalue weighted by molar-refractivity contribution is 0.0990. The van der Waals surface area contributed by atoms with Crippen LogP contribution < -0.4 is 4.90 Å². The highest BCUT2D eigenvalue weighted by Gasteiger charge is 2.23. The first kappa shape index (κ1) is 18.8. The van der Waals surface area contributed by atoms with Crippen molar-refractivity contribution in [1.82, 2.24) is 4.90 Å². The lowest BCUT2D eigenvalue weighted by Gasteiger charge is -2.23. The number of carbonyl (C=O) groups excluding carboxylic acids is 1. The summed E-state index contributed by atoms with van der Waals surface area (Å²) in [7, 11) is 4.01.